The van der Waals surface area contributed by atoms with E-state index in [-0.39, 0.29) is 5.56 Å². The number of furan rings is 1. The van der Waals surface area contributed by atoms with Crippen molar-refractivity contribution in [2.45, 2.75) is 13.0 Å². The number of benzene rings is 1. The Morgan fingerprint density at radius 2 is 1.81 bits per heavy atom. The van der Waals surface area contributed by atoms with Crippen LogP contribution in [0.1, 0.15) is 23.0 Å². The second-order valence-corrected chi connectivity index (χ2v) is 3.57. The first-order chi connectivity index (χ1) is 7.58. The molecule has 0 saturated heterocycles. The van der Waals surface area contributed by atoms with Crippen LogP contribution in [0, 0.1) is 18.6 Å². The Kier molecular flexibility index (Phi) is 2.75. The van der Waals surface area contributed by atoms with Crippen LogP contribution < -0.4 is 0 Å². The van der Waals surface area contributed by atoms with E-state index in [2.05, 4.69) is 0 Å². The van der Waals surface area contributed by atoms with Crippen molar-refractivity contribution >= 4 is 0 Å². The SMILES string of the molecule is Cc1ccoc1C(O)c1cc(F)cc(F)c1. The first-order valence-corrected chi connectivity index (χ1v) is 4.76. The molecule has 4 heteroatoms. The third-order valence-electron chi connectivity index (χ3n) is 2.35. The number of aryl methyl sites for hydroxylation is 1. The number of rotatable bonds is 2. The molecular formula is C12H10F2O2. The molecule has 0 aliphatic rings. The molecule has 1 unspecified atom stereocenters. The topological polar surface area (TPSA) is 33.4 Å². The maximum Gasteiger partial charge on any atom is 0.139 e. The lowest BCUT2D eigenvalue weighted by atomic mass is 10.0. The normalized spacial score (nSPS) is 12.8. The summed E-state index contributed by atoms with van der Waals surface area (Å²) in [4.78, 5) is 0. The van der Waals surface area contributed by atoms with Gasteiger partial charge in [0.05, 0.1) is 6.26 Å². The minimum absolute atomic E-state index is 0.135. The van der Waals surface area contributed by atoms with Gasteiger partial charge in [-0.2, -0.15) is 0 Å². The summed E-state index contributed by atoms with van der Waals surface area (Å²) in [5.41, 5.74) is 0.868. The monoisotopic (exact) mass is 224 g/mol. The van der Waals surface area contributed by atoms with Gasteiger partial charge in [-0.25, -0.2) is 8.78 Å². The van der Waals surface area contributed by atoms with Gasteiger partial charge in [-0.1, -0.05) is 0 Å². The van der Waals surface area contributed by atoms with E-state index in [1.807, 2.05) is 0 Å². The van der Waals surface area contributed by atoms with Crippen molar-refractivity contribution in [3.05, 3.63) is 59.1 Å². The van der Waals surface area contributed by atoms with Gasteiger partial charge in [-0.05, 0) is 36.2 Å². The first-order valence-electron chi connectivity index (χ1n) is 4.76. The van der Waals surface area contributed by atoms with E-state index in [0.29, 0.717) is 5.76 Å². The standard InChI is InChI=1S/C12H10F2O2/c1-7-2-3-16-12(7)11(15)8-4-9(13)6-10(14)5-8/h2-6,11,15H,1H3. The molecule has 1 aromatic heterocycles. The fraction of sp³-hybridized carbons (Fsp3) is 0.167. The van der Waals surface area contributed by atoms with E-state index < -0.39 is 17.7 Å². The molecule has 84 valence electrons. The van der Waals surface area contributed by atoms with Gasteiger partial charge in [0.25, 0.3) is 0 Å². The molecule has 1 heterocycles. The van der Waals surface area contributed by atoms with Crippen molar-refractivity contribution in [3.63, 3.8) is 0 Å². The molecule has 0 aliphatic carbocycles. The zero-order valence-electron chi connectivity index (χ0n) is 8.58. The Morgan fingerprint density at radius 3 is 2.31 bits per heavy atom. The Labute approximate surface area is 91.1 Å². The average molecular weight is 224 g/mol. The molecule has 0 aliphatic heterocycles. The highest BCUT2D eigenvalue weighted by molar-refractivity contribution is 5.29. The predicted octanol–water partition coefficient (Wildman–Crippen LogP) is 2.95. The van der Waals surface area contributed by atoms with Crippen LogP contribution in [0.25, 0.3) is 0 Å². The molecular weight excluding hydrogens is 214 g/mol. The van der Waals surface area contributed by atoms with Crippen LogP contribution in [0.5, 0.6) is 0 Å². The van der Waals surface area contributed by atoms with Crippen molar-refractivity contribution in [1.29, 1.82) is 0 Å². The average Bonchev–Trinajstić information content (AvgIpc) is 2.62. The largest absolute Gasteiger partial charge is 0.466 e. The summed E-state index contributed by atoms with van der Waals surface area (Å²) in [6.07, 6.45) is 0.268. The Morgan fingerprint density at radius 1 is 1.19 bits per heavy atom. The molecule has 2 aromatic rings. The van der Waals surface area contributed by atoms with Crippen molar-refractivity contribution in [3.8, 4) is 0 Å². The summed E-state index contributed by atoms with van der Waals surface area (Å²) in [7, 11) is 0. The third kappa shape index (κ3) is 1.97. The lowest BCUT2D eigenvalue weighted by Crippen LogP contribution is -2.01. The lowest BCUT2D eigenvalue weighted by molar-refractivity contribution is 0.187. The van der Waals surface area contributed by atoms with E-state index >= 15 is 0 Å². The van der Waals surface area contributed by atoms with Crippen molar-refractivity contribution < 1.29 is 18.3 Å². The fourth-order valence-corrected chi connectivity index (χ4v) is 1.55. The number of halogens is 2. The quantitative estimate of drug-likeness (QED) is 0.850. The molecule has 2 rings (SSSR count). The minimum atomic E-state index is -1.15. The van der Waals surface area contributed by atoms with E-state index in [1.54, 1.807) is 13.0 Å². The molecule has 0 spiro atoms. The van der Waals surface area contributed by atoms with E-state index in [4.69, 9.17) is 4.42 Å². The number of hydrogen-bond acceptors (Lipinski definition) is 2. The highest BCUT2D eigenvalue weighted by atomic mass is 19.1. The minimum Gasteiger partial charge on any atom is -0.466 e. The van der Waals surface area contributed by atoms with Crippen molar-refractivity contribution in [1.82, 2.24) is 0 Å². The van der Waals surface area contributed by atoms with E-state index in [9.17, 15) is 13.9 Å². The van der Waals surface area contributed by atoms with Gasteiger partial charge >= 0.3 is 0 Å². The van der Waals surface area contributed by atoms with Crippen LogP contribution in [0.2, 0.25) is 0 Å². The molecule has 1 aromatic carbocycles. The zero-order chi connectivity index (χ0) is 11.7. The number of aliphatic hydroxyl groups excluding tert-OH is 1. The van der Waals surface area contributed by atoms with Crippen LogP contribution >= 0.6 is 0 Å². The summed E-state index contributed by atoms with van der Waals surface area (Å²) >= 11 is 0. The maximum atomic E-state index is 12.9. The second-order valence-electron chi connectivity index (χ2n) is 3.57. The predicted molar refractivity (Wildman–Crippen MR) is 53.9 cm³/mol. The van der Waals surface area contributed by atoms with Crippen LogP contribution in [0.3, 0.4) is 0 Å². The van der Waals surface area contributed by atoms with E-state index in [1.165, 1.54) is 6.26 Å². The first kappa shape index (κ1) is 10.8. The van der Waals surface area contributed by atoms with Crippen LogP contribution in [0.4, 0.5) is 8.78 Å². The van der Waals surface area contributed by atoms with E-state index in [0.717, 1.165) is 23.8 Å². The highest BCUT2D eigenvalue weighted by Crippen LogP contribution is 2.26. The smallest absolute Gasteiger partial charge is 0.139 e. The van der Waals surface area contributed by atoms with Crippen molar-refractivity contribution in [2.75, 3.05) is 0 Å². The zero-order valence-corrected chi connectivity index (χ0v) is 8.58. The van der Waals surface area contributed by atoms with Crippen LogP contribution in [-0.2, 0) is 0 Å². The molecule has 0 amide bonds. The van der Waals surface area contributed by atoms with Gasteiger partial charge in [-0.15, -0.1) is 0 Å². The third-order valence-corrected chi connectivity index (χ3v) is 2.35. The lowest BCUT2D eigenvalue weighted by Gasteiger charge is -2.09. The second kappa shape index (κ2) is 4.06. The Balaban J connectivity index is 2.41. The van der Waals surface area contributed by atoms with Gasteiger partial charge < -0.3 is 9.52 Å². The molecule has 16 heavy (non-hydrogen) atoms. The molecule has 0 bridgehead atoms. The summed E-state index contributed by atoms with van der Waals surface area (Å²) < 4.78 is 31.0. The van der Waals surface area contributed by atoms with Crippen LogP contribution in [0.15, 0.2) is 34.9 Å². The van der Waals surface area contributed by atoms with Crippen molar-refractivity contribution in [2.24, 2.45) is 0 Å². The van der Waals surface area contributed by atoms with Gasteiger partial charge in [0.2, 0.25) is 0 Å². The number of aliphatic hydroxyl groups is 1. The van der Waals surface area contributed by atoms with Gasteiger partial charge in [0.15, 0.2) is 0 Å². The summed E-state index contributed by atoms with van der Waals surface area (Å²) in [6.45, 7) is 1.75. The highest BCUT2D eigenvalue weighted by Gasteiger charge is 2.17. The molecule has 0 fully saturated rings. The summed E-state index contributed by atoms with van der Waals surface area (Å²) in [5, 5.41) is 9.88. The maximum absolute atomic E-state index is 12.9. The molecule has 0 radical (unpaired) electrons. The number of hydrogen-bond donors (Lipinski definition) is 1. The Bertz CT molecular complexity index is 485. The Hall–Kier alpha value is -1.68. The van der Waals surface area contributed by atoms with Gasteiger partial charge in [0, 0.05) is 6.07 Å². The van der Waals surface area contributed by atoms with Crippen LogP contribution in [-0.4, -0.2) is 5.11 Å². The van der Waals surface area contributed by atoms with Gasteiger partial charge in [-0.3, -0.25) is 0 Å². The molecule has 1 atom stereocenters. The molecule has 1 N–H and O–H groups in total. The molecule has 0 saturated carbocycles. The molecule has 2 nitrogen and oxygen atoms in total. The fourth-order valence-electron chi connectivity index (χ4n) is 1.55. The summed E-state index contributed by atoms with van der Waals surface area (Å²) in [5.74, 6) is -1.15. The summed E-state index contributed by atoms with van der Waals surface area (Å²) in [6, 6.07) is 4.59. The van der Waals surface area contributed by atoms with Gasteiger partial charge in [0.1, 0.15) is 23.5 Å².